The molecule has 1 fully saturated rings. The average molecular weight is 126 g/mol. The number of amides is 1. The lowest BCUT2D eigenvalue weighted by Gasteiger charge is -2.30. The van der Waals surface area contributed by atoms with Crippen molar-refractivity contribution in [2.45, 2.75) is 25.3 Å². The SMILES string of the molecule is [CH2]C(NC=O)C1CCC1. The van der Waals surface area contributed by atoms with Gasteiger partial charge in [-0.05, 0) is 25.7 Å². The molecule has 0 aromatic rings. The minimum Gasteiger partial charge on any atom is -0.356 e. The quantitative estimate of drug-likeness (QED) is 0.555. The summed E-state index contributed by atoms with van der Waals surface area (Å²) in [6.07, 6.45) is 4.50. The highest BCUT2D eigenvalue weighted by atomic mass is 16.1. The van der Waals surface area contributed by atoms with Crippen LogP contribution in [0.2, 0.25) is 0 Å². The van der Waals surface area contributed by atoms with Crippen LogP contribution in [0.5, 0.6) is 0 Å². The van der Waals surface area contributed by atoms with Gasteiger partial charge >= 0.3 is 0 Å². The van der Waals surface area contributed by atoms with Crippen molar-refractivity contribution in [2.75, 3.05) is 0 Å². The van der Waals surface area contributed by atoms with Gasteiger partial charge in [0.05, 0.1) is 0 Å². The summed E-state index contributed by atoms with van der Waals surface area (Å²) in [6.45, 7) is 3.81. The smallest absolute Gasteiger partial charge is 0.207 e. The van der Waals surface area contributed by atoms with Crippen LogP contribution in [0.4, 0.5) is 0 Å². The van der Waals surface area contributed by atoms with E-state index in [0.29, 0.717) is 5.92 Å². The van der Waals surface area contributed by atoms with Crippen LogP contribution >= 0.6 is 0 Å². The second kappa shape index (κ2) is 2.85. The molecule has 0 aliphatic heterocycles. The zero-order valence-corrected chi connectivity index (χ0v) is 5.47. The maximum atomic E-state index is 9.91. The second-order valence-corrected chi connectivity index (χ2v) is 2.58. The Labute approximate surface area is 55.6 Å². The van der Waals surface area contributed by atoms with Crippen LogP contribution in [-0.4, -0.2) is 12.5 Å². The Kier molecular flexibility index (Phi) is 2.09. The molecular weight excluding hydrogens is 114 g/mol. The van der Waals surface area contributed by atoms with E-state index in [2.05, 4.69) is 12.2 Å². The average Bonchev–Trinajstić information content (AvgIpc) is 1.60. The summed E-state index contributed by atoms with van der Waals surface area (Å²) in [5.74, 6) is 0.648. The molecule has 1 aliphatic rings. The van der Waals surface area contributed by atoms with Gasteiger partial charge in [0.25, 0.3) is 0 Å². The monoisotopic (exact) mass is 126 g/mol. The molecule has 2 heteroatoms. The lowest BCUT2D eigenvalue weighted by molar-refractivity contribution is -0.110. The first-order valence-electron chi connectivity index (χ1n) is 3.37. The molecule has 1 saturated carbocycles. The third-order valence-electron chi connectivity index (χ3n) is 2.00. The van der Waals surface area contributed by atoms with Gasteiger partial charge in [-0.15, -0.1) is 0 Å². The zero-order chi connectivity index (χ0) is 6.69. The van der Waals surface area contributed by atoms with E-state index in [-0.39, 0.29) is 6.04 Å². The highest BCUT2D eigenvalue weighted by Crippen LogP contribution is 2.28. The van der Waals surface area contributed by atoms with E-state index in [4.69, 9.17) is 0 Å². The summed E-state index contributed by atoms with van der Waals surface area (Å²) >= 11 is 0. The maximum absolute atomic E-state index is 9.91. The Morgan fingerprint density at radius 1 is 1.67 bits per heavy atom. The van der Waals surface area contributed by atoms with E-state index in [1.54, 1.807) is 0 Å². The Balaban J connectivity index is 2.15. The van der Waals surface area contributed by atoms with Crippen molar-refractivity contribution < 1.29 is 4.79 Å². The van der Waals surface area contributed by atoms with Crippen molar-refractivity contribution in [2.24, 2.45) is 5.92 Å². The van der Waals surface area contributed by atoms with Crippen molar-refractivity contribution in [3.05, 3.63) is 6.92 Å². The summed E-state index contributed by atoms with van der Waals surface area (Å²) in [7, 11) is 0. The van der Waals surface area contributed by atoms with Crippen molar-refractivity contribution in [1.29, 1.82) is 0 Å². The number of carbonyl (C=O) groups is 1. The first-order chi connectivity index (χ1) is 4.34. The summed E-state index contributed by atoms with van der Waals surface area (Å²) in [5, 5.41) is 2.66. The Hall–Kier alpha value is -0.530. The highest BCUT2D eigenvalue weighted by Gasteiger charge is 2.22. The zero-order valence-electron chi connectivity index (χ0n) is 5.47. The molecule has 1 radical (unpaired) electrons. The predicted molar refractivity (Wildman–Crippen MR) is 35.7 cm³/mol. The molecule has 1 aliphatic carbocycles. The second-order valence-electron chi connectivity index (χ2n) is 2.58. The molecule has 2 nitrogen and oxygen atoms in total. The Morgan fingerprint density at radius 3 is 2.67 bits per heavy atom. The van der Waals surface area contributed by atoms with Gasteiger partial charge in [-0.1, -0.05) is 6.42 Å². The first kappa shape index (κ1) is 6.59. The molecule has 1 rings (SSSR count). The van der Waals surface area contributed by atoms with E-state index in [1.165, 1.54) is 19.3 Å². The van der Waals surface area contributed by atoms with Crippen LogP contribution in [0.1, 0.15) is 19.3 Å². The van der Waals surface area contributed by atoms with Crippen molar-refractivity contribution >= 4 is 6.41 Å². The van der Waals surface area contributed by atoms with E-state index >= 15 is 0 Å². The summed E-state index contributed by atoms with van der Waals surface area (Å²) in [5.41, 5.74) is 0. The fourth-order valence-electron chi connectivity index (χ4n) is 1.07. The van der Waals surface area contributed by atoms with Gasteiger partial charge in [0.15, 0.2) is 0 Å². The van der Waals surface area contributed by atoms with E-state index < -0.39 is 0 Å². The molecule has 1 atom stereocenters. The molecule has 0 saturated heterocycles. The molecule has 0 aromatic carbocycles. The number of rotatable bonds is 3. The summed E-state index contributed by atoms with van der Waals surface area (Å²) < 4.78 is 0. The summed E-state index contributed by atoms with van der Waals surface area (Å²) in [6, 6.07) is 0.149. The van der Waals surface area contributed by atoms with E-state index in [1.807, 2.05) is 0 Å². The van der Waals surface area contributed by atoms with Crippen LogP contribution in [0.15, 0.2) is 0 Å². The lowest BCUT2D eigenvalue weighted by Crippen LogP contribution is -2.36. The molecule has 0 spiro atoms. The number of carbonyl (C=O) groups excluding carboxylic acids is 1. The largest absolute Gasteiger partial charge is 0.356 e. The first-order valence-corrected chi connectivity index (χ1v) is 3.37. The van der Waals surface area contributed by atoms with E-state index in [9.17, 15) is 4.79 Å². The minimum atomic E-state index is 0.149. The van der Waals surface area contributed by atoms with Gasteiger partial charge in [-0.25, -0.2) is 0 Å². The number of hydrogen-bond acceptors (Lipinski definition) is 1. The van der Waals surface area contributed by atoms with Gasteiger partial charge in [0, 0.05) is 6.04 Å². The highest BCUT2D eigenvalue weighted by molar-refractivity contribution is 5.46. The Bertz CT molecular complexity index is 99.1. The number of hydrogen-bond donors (Lipinski definition) is 1. The van der Waals surface area contributed by atoms with Gasteiger partial charge in [-0.2, -0.15) is 0 Å². The van der Waals surface area contributed by atoms with Crippen LogP contribution < -0.4 is 5.32 Å². The van der Waals surface area contributed by atoms with E-state index in [0.717, 1.165) is 6.41 Å². The molecule has 0 heterocycles. The van der Waals surface area contributed by atoms with Crippen molar-refractivity contribution in [3.63, 3.8) is 0 Å². The predicted octanol–water partition coefficient (Wildman–Crippen LogP) is 0.735. The van der Waals surface area contributed by atoms with Crippen LogP contribution in [0, 0.1) is 12.8 Å². The van der Waals surface area contributed by atoms with Crippen LogP contribution in [0.3, 0.4) is 0 Å². The molecule has 1 amide bonds. The topological polar surface area (TPSA) is 29.1 Å². The minimum absolute atomic E-state index is 0.149. The number of nitrogens with one attached hydrogen (secondary N) is 1. The van der Waals surface area contributed by atoms with Gasteiger partial charge < -0.3 is 5.32 Å². The van der Waals surface area contributed by atoms with Crippen LogP contribution in [0.25, 0.3) is 0 Å². The van der Waals surface area contributed by atoms with Crippen LogP contribution in [-0.2, 0) is 4.79 Å². The third-order valence-corrected chi connectivity index (χ3v) is 2.00. The van der Waals surface area contributed by atoms with Crippen molar-refractivity contribution in [1.82, 2.24) is 5.32 Å². The molecule has 0 bridgehead atoms. The molecule has 9 heavy (non-hydrogen) atoms. The summed E-state index contributed by atoms with van der Waals surface area (Å²) in [4.78, 5) is 9.91. The van der Waals surface area contributed by atoms with Gasteiger partial charge in [0.2, 0.25) is 6.41 Å². The lowest BCUT2D eigenvalue weighted by atomic mass is 9.80. The molecule has 0 aromatic heterocycles. The third kappa shape index (κ3) is 1.44. The normalized spacial score (nSPS) is 22.3. The molecule has 1 unspecified atom stereocenters. The maximum Gasteiger partial charge on any atom is 0.207 e. The molecule has 1 N–H and O–H groups in total. The molecular formula is C7H12NO. The van der Waals surface area contributed by atoms with Gasteiger partial charge in [-0.3, -0.25) is 4.79 Å². The fraction of sp³-hybridized carbons (Fsp3) is 0.714. The standard InChI is InChI=1S/C7H12NO/c1-6(8-5-9)7-3-2-4-7/h5-7H,1-4H2,(H,8,9). The fourth-order valence-corrected chi connectivity index (χ4v) is 1.07. The van der Waals surface area contributed by atoms with Gasteiger partial charge in [0.1, 0.15) is 0 Å². The Morgan fingerprint density at radius 2 is 2.33 bits per heavy atom. The molecule has 51 valence electrons. The van der Waals surface area contributed by atoms with Crippen molar-refractivity contribution in [3.8, 4) is 0 Å².